The van der Waals surface area contributed by atoms with Gasteiger partial charge in [-0.15, -0.1) is 0 Å². The lowest BCUT2D eigenvalue weighted by Crippen LogP contribution is -2.35. The van der Waals surface area contributed by atoms with E-state index in [4.69, 9.17) is 31.2 Å². The van der Waals surface area contributed by atoms with Crippen LogP contribution >= 0.6 is 23.4 Å². The van der Waals surface area contributed by atoms with Crippen molar-refractivity contribution >= 4 is 51.4 Å². The molecule has 0 atom stereocenters. The number of hydrazone groups is 1. The fourth-order valence-corrected chi connectivity index (χ4v) is 4.36. The second kappa shape index (κ2) is 11.0. The number of hydrogen-bond donors (Lipinski definition) is 1. The van der Waals surface area contributed by atoms with Crippen LogP contribution in [-0.2, 0) is 4.79 Å². The summed E-state index contributed by atoms with van der Waals surface area (Å²) >= 11 is 7.43. The molecular weight excluding hydrogens is 488 g/mol. The van der Waals surface area contributed by atoms with Crippen molar-refractivity contribution in [3.8, 4) is 17.2 Å². The maximum Gasteiger partial charge on any atom is 0.283 e. The summed E-state index contributed by atoms with van der Waals surface area (Å²) in [5.41, 5.74) is 0.840. The van der Waals surface area contributed by atoms with Crippen molar-refractivity contribution in [3.63, 3.8) is 0 Å². The van der Waals surface area contributed by atoms with Gasteiger partial charge in [0.1, 0.15) is 24.0 Å². The van der Waals surface area contributed by atoms with Gasteiger partial charge in [-0.3, -0.25) is 10.2 Å². The van der Waals surface area contributed by atoms with E-state index in [1.54, 1.807) is 36.4 Å². The van der Waals surface area contributed by atoms with Crippen molar-refractivity contribution in [3.05, 3.63) is 58.6 Å². The van der Waals surface area contributed by atoms with Gasteiger partial charge in [0.25, 0.3) is 5.91 Å². The Morgan fingerprint density at radius 2 is 1.83 bits per heavy atom. The quantitative estimate of drug-likeness (QED) is 0.353. The number of carbonyl (C=O) groups is 1. The average molecular weight is 513 g/mol. The third kappa shape index (κ3) is 5.68. The molecule has 8 nitrogen and oxygen atoms in total. The lowest BCUT2D eigenvalue weighted by atomic mass is 10.1. The summed E-state index contributed by atoms with van der Waals surface area (Å²) in [6, 6.07) is 12.6. The Morgan fingerprint density at radius 1 is 1.09 bits per heavy atom. The SMILES string of the molecule is CCOc1cc(/C=C2\C(=N)N3N=C(C(C)C)SC3=NC2=O)ccc1OCCOc1ccccc1Cl. The number of fused-ring (bicyclic) bond motifs is 1. The second-order valence-electron chi connectivity index (χ2n) is 7.88. The molecule has 4 rings (SSSR count). The molecule has 0 aliphatic carbocycles. The molecule has 35 heavy (non-hydrogen) atoms. The van der Waals surface area contributed by atoms with Crippen molar-refractivity contribution in [2.75, 3.05) is 19.8 Å². The number of carbonyl (C=O) groups excluding carboxylic acids is 1. The number of amides is 1. The number of amidine groups is 2. The molecule has 0 bridgehead atoms. The molecule has 2 heterocycles. The van der Waals surface area contributed by atoms with E-state index in [-0.39, 0.29) is 23.9 Å². The molecule has 0 aromatic heterocycles. The first-order valence-electron chi connectivity index (χ1n) is 11.1. The molecule has 1 N–H and O–H groups in total. The van der Waals surface area contributed by atoms with Crippen molar-refractivity contribution < 1.29 is 19.0 Å². The van der Waals surface area contributed by atoms with Crippen molar-refractivity contribution in [2.45, 2.75) is 20.8 Å². The predicted molar refractivity (Wildman–Crippen MR) is 140 cm³/mol. The molecule has 0 saturated carbocycles. The lowest BCUT2D eigenvalue weighted by Gasteiger charge is -2.20. The van der Waals surface area contributed by atoms with Crippen LogP contribution in [0.4, 0.5) is 0 Å². The average Bonchev–Trinajstić information content (AvgIpc) is 3.26. The Kier molecular flexibility index (Phi) is 7.77. The van der Waals surface area contributed by atoms with Crippen LogP contribution in [0.25, 0.3) is 6.08 Å². The number of ether oxygens (including phenoxy) is 3. The Hall–Kier alpha value is -3.30. The van der Waals surface area contributed by atoms with Gasteiger partial charge in [0.05, 0.1) is 17.2 Å². The number of thioether (sulfide) groups is 1. The van der Waals surface area contributed by atoms with Gasteiger partial charge < -0.3 is 14.2 Å². The van der Waals surface area contributed by atoms with E-state index in [1.807, 2.05) is 32.9 Å². The van der Waals surface area contributed by atoms with Crippen LogP contribution in [0.15, 0.2) is 58.1 Å². The van der Waals surface area contributed by atoms with E-state index >= 15 is 0 Å². The molecule has 1 amide bonds. The summed E-state index contributed by atoms with van der Waals surface area (Å²) in [6.45, 7) is 6.92. The molecular formula is C25H25ClN4O4S. The molecule has 2 aromatic rings. The number of hydrogen-bond acceptors (Lipinski definition) is 7. The highest BCUT2D eigenvalue weighted by atomic mass is 35.5. The zero-order chi connectivity index (χ0) is 24.9. The molecule has 0 saturated heterocycles. The monoisotopic (exact) mass is 512 g/mol. The van der Waals surface area contributed by atoms with Gasteiger partial charge >= 0.3 is 0 Å². The Bertz CT molecular complexity index is 1240. The molecule has 2 aliphatic rings. The van der Waals surface area contributed by atoms with E-state index in [2.05, 4.69) is 10.1 Å². The lowest BCUT2D eigenvalue weighted by molar-refractivity contribution is -0.114. The minimum absolute atomic E-state index is 0.00171. The highest BCUT2D eigenvalue weighted by Gasteiger charge is 2.36. The number of benzene rings is 2. The summed E-state index contributed by atoms with van der Waals surface area (Å²) in [7, 11) is 0. The van der Waals surface area contributed by atoms with Gasteiger partial charge in [0, 0.05) is 5.92 Å². The topological polar surface area (TPSA) is 96.6 Å². The first-order valence-corrected chi connectivity index (χ1v) is 12.3. The van der Waals surface area contributed by atoms with Crippen molar-refractivity contribution in [1.29, 1.82) is 5.41 Å². The predicted octanol–water partition coefficient (Wildman–Crippen LogP) is 5.47. The molecule has 0 unspecified atom stereocenters. The maximum absolute atomic E-state index is 12.7. The smallest absolute Gasteiger partial charge is 0.283 e. The van der Waals surface area contributed by atoms with Crippen molar-refractivity contribution in [1.82, 2.24) is 5.01 Å². The van der Waals surface area contributed by atoms with Crippen molar-refractivity contribution in [2.24, 2.45) is 16.0 Å². The zero-order valence-corrected chi connectivity index (χ0v) is 21.2. The summed E-state index contributed by atoms with van der Waals surface area (Å²) in [4.78, 5) is 16.8. The molecule has 0 radical (unpaired) electrons. The van der Waals surface area contributed by atoms with E-state index < -0.39 is 5.91 Å². The maximum atomic E-state index is 12.7. The largest absolute Gasteiger partial charge is 0.490 e. The van der Waals surface area contributed by atoms with Gasteiger partial charge in [0.2, 0.25) is 5.17 Å². The number of nitrogens with one attached hydrogen (secondary N) is 1. The minimum Gasteiger partial charge on any atom is -0.490 e. The van der Waals surface area contributed by atoms with Crippen LogP contribution in [0.5, 0.6) is 17.2 Å². The molecule has 0 spiro atoms. The third-order valence-corrected chi connectivity index (χ3v) is 6.50. The Labute approximate surface area is 213 Å². The summed E-state index contributed by atoms with van der Waals surface area (Å²) in [5.74, 6) is 1.37. The van der Waals surface area contributed by atoms with E-state index in [9.17, 15) is 4.79 Å². The first kappa shape index (κ1) is 24.8. The zero-order valence-electron chi connectivity index (χ0n) is 19.6. The van der Waals surface area contributed by atoms with E-state index in [0.29, 0.717) is 46.2 Å². The highest BCUT2D eigenvalue weighted by Crippen LogP contribution is 2.33. The van der Waals surface area contributed by atoms with Gasteiger partial charge in [0.15, 0.2) is 17.3 Å². The standard InChI is InChI=1S/C25H25ClN4O4S/c1-4-32-21-14-16(9-10-20(21)34-12-11-33-19-8-6-5-7-18(19)26)13-17-22(27)30-25(28-23(17)31)35-24(29-30)15(2)3/h5-10,13-15,27H,4,11-12H2,1-3H3/b17-13+,27-22?. The summed E-state index contributed by atoms with van der Waals surface area (Å²) in [5, 5.41) is 16.1. The molecule has 0 fully saturated rings. The van der Waals surface area contributed by atoms with E-state index in [0.717, 1.165) is 5.04 Å². The highest BCUT2D eigenvalue weighted by molar-refractivity contribution is 8.27. The Balaban J connectivity index is 1.48. The van der Waals surface area contributed by atoms with E-state index in [1.165, 1.54) is 16.8 Å². The van der Waals surface area contributed by atoms with Gasteiger partial charge in [-0.2, -0.15) is 15.1 Å². The van der Waals surface area contributed by atoms with Crippen LogP contribution in [-0.4, -0.2) is 46.8 Å². The second-order valence-corrected chi connectivity index (χ2v) is 9.27. The molecule has 2 aromatic carbocycles. The fourth-order valence-electron chi connectivity index (χ4n) is 3.27. The number of halogens is 1. The summed E-state index contributed by atoms with van der Waals surface area (Å²) in [6.07, 6.45) is 1.62. The first-order chi connectivity index (χ1) is 16.9. The number of aliphatic imine (C=N–C) groups is 1. The molecule has 182 valence electrons. The Morgan fingerprint density at radius 3 is 2.54 bits per heavy atom. The van der Waals surface area contributed by atoms with Crippen LogP contribution in [0.1, 0.15) is 26.3 Å². The van der Waals surface area contributed by atoms with Crippen LogP contribution in [0.2, 0.25) is 5.02 Å². The van der Waals surface area contributed by atoms with Crippen LogP contribution in [0.3, 0.4) is 0 Å². The minimum atomic E-state index is -0.469. The van der Waals surface area contributed by atoms with Crippen LogP contribution < -0.4 is 14.2 Å². The number of para-hydroxylation sites is 1. The van der Waals surface area contributed by atoms with Crippen LogP contribution in [0, 0.1) is 11.3 Å². The third-order valence-electron chi connectivity index (χ3n) is 4.98. The van der Waals surface area contributed by atoms with Gasteiger partial charge in [-0.05, 0) is 54.6 Å². The number of nitrogens with zero attached hydrogens (tertiary/aromatic N) is 3. The fraction of sp³-hybridized carbons (Fsp3) is 0.280. The van der Waals surface area contributed by atoms with Gasteiger partial charge in [-0.25, -0.2) is 0 Å². The molecule has 10 heteroatoms. The number of rotatable bonds is 9. The summed E-state index contributed by atoms with van der Waals surface area (Å²) < 4.78 is 17.3. The normalized spacial score (nSPS) is 16.4. The molecule has 2 aliphatic heterocycles. The van der Waals surface area contributed by atoms with Gasteiger partial charge in [-0.1, -0.05) is 43.6 Å².